The number of nitrogens with zero attached hydrogens (tertiary/aromatic N) is 1. The van der Waals surface area contributed by atoms with Crippen LogP contribution in [0, 0.1) is 0 Å². The van der Waals surface area contributed by atoms with E-state index in [-0.39, 0.29) is 0 Å². The molecule has 3 nitrogen and oxygen atoms in total. The number of halogens is 1. The zero-order valence-electron chi connectivity index (χ0n) is 9.16. The predicted octanol–water partition coefficient (Wildman–Crippen LogP) is 2.38. The van der Waals surface area contributed by atoms with Crippen molar-refractivity contribution in [3.05, 3.63) is 28.2 Å². The van der Waals surface area contributed by atoms with E-state index in [2.05, 4.69) is 20.8 Å². The van der Waals surface area contributed by atoms with Crippen molar-refractivity contribution in [3.63, 3.8) is 0 Å². The molecule has 1 aliphatic rings. The quantitative estimate of drug-likeness (QED) is 0.906. The molecule has 16 heavy (non-hydrogen) atoms. The minimum absolute atomic E-state index is 0.323. The van der Waals surface area contributed by atoms with Crippen LogP contribution in [0.4, 0.5) is 0 Å². The predicted molar refractivity (Wildman–Crippen MR) is 66.5 cm³/mol. The van der Waals surface area contributed by atoms with Gasteiger partial charge in [-0.25, -0.2) is 0 Å². The van der Waals surface area contributed by atoms with E-state index >= 15 is 0 Å². The van der Waals surface area contributed by atoms with Crippen molar-refractivity contribution in [1.82, 2.24) is 4.90 Å². The maximum Gasteiger partial charge on any atom is 0.115 e. The average Bonchev–Trinajstić information content (AvgIpc) is 2.52. The molecular formula is C12H16BrNO2. The van der Waals surface area contributed by atoms with Crippen molar-refractivity contribution in [1.29, 1.82) is 0 Å². The van der Waals surface area contributed by atoms with E-state index in [0.29, 0.717) is 5.75 Å². The highest BCUT2D eigenvalue weighted by atomic mass is 79.9. The molecule has 1 saturated heterocycles. The second kappa shape index (κ2) is 5.66. The number of rotatable bonds is 2. The first-order chi connectivity index (χ1) is 7.75. The molecule has 0 unspecified atom stereocenters. The third kappa shape index (κ3) is 3.20. The first-order valence-electron chi connectivity index (χ1n) is 5.53. The highest BCUT2D eigenvalue weighted by Crippen LogP contribution is 2.23. The molecule has 1 aromatic carbocycles. The molecule has 4 heteroatoms. The SMILES string of the molecule is Oc1ccc(Br)c(CN2CCCOCC2)c1. The Morgan fingerprint density at radius 1 is 1.31 bits per heavy atom. The second-order valence-corrected chi connectivity index (χ2v) is 4.87. The summed E-state index contributed by atoms with van der Waals surface area (Å²) in [7, 11) is 0. The molecule has 0 bridgehead atoms. The van der Waals surface area contributed by atoms with Gasteiger partial charge in [0.05, 0.1) is 6.61 Å². The van der Waals surface area contributed by atoms with Gasteiger partial charge in [-0.05, 0) is 30.2 Å². The third-order valence-electron chi connectivity index (χ3n) is 2.74. The van der Waals surface area contributed by atoms with Gasteiger partial charge in [-0.1, -0.05) is 15.9 Å². The highest BCUT2D eigenvalue weighted by Gasteiger charge is 2.11. The third-order valence-corrected chi connectivity index (χ3v) is 3.51. The van der Waals surface area contributed by atoms with E-state index in [1.807, 2.05) is 12.1 Å². The van der Waals surface area contributed by atoms with Crippen LogP contribution in [-0.4, -0.2) is 36.3 Å². The van der Waals surface area contributed by atoms with Crippen LogP contribution >= 0.6 is 15.9 Å². The Morgan fingerprint density at radius 3 is 3.06 bits per heavy atom. The van der Waals surface area contributed by atoms with Gasteiger partial charge in [0.1, 0.15) is 5.75 Å². The number of ether oxygens (including phenoxy) is 1. The molecule has 1 heterocycles. The Labute approximate surface area is 104 Å². The van der Waals surface area contributed by atoms with E-state index < -0.39 is 0 Å². The largest absolute Gasteiger partial charge is 0.508 e. The molecule has 1 aromatic rings. The summed E-state index contributed by atoms with van der Waals surface area (Å²) in [4.78, 5) is 2.35. The van der Waals surface area contributed by atoms with Gasteiger partial charge >= 0.3 is 0 Å². The number of phenols is 1. The van der Waals surface area contributed by atoms with Crippen molar-refractivity contribution >= 4 is 15.9 Å². The Morgan fingerprint density at radius 2 is 2.19 bits per heavy atom. The summed E-state index contributed by atoms with van der Waals surface area (Å²) in [5.41, 5.74) is 1.13. The second-order valence-electron chi connectivity index (χ2n) is 4.02. The summed E-state index contributed by atoms with van der Waals surface area (Å²) in [6.45, 7) is 4.54. The van der Waals surface area contributed by atoms with E-state index in [9.17, 15) is 5.11 Å². The molecule has 2 rings (SSSR count). The van der Waals surface area contributed by atoms with Crippen molar-refractivity contribution in [2.45, 2.75) is 13.0 Å². The summed E-state index contributed by atoms with van der Waals surface area (Å²) in [5.74, 6) is 0.323. The lowest BCUT2D eigenvalue weighted by molar-refractivity contribution is 0.140. The number of phenolic OH excluding ortho intramolecular Hbond substituents is 1. The van der Waals surface area contributed by atoms with E-state index in [1.54, 1.807) is 6.07 Å². The monoisotopic (exact) mass is 285 g/mol. The molecule has 0 aliphatic carbocycles. The molecule has 0 saturated carbocycles. The van der Waals surface area contributed by atoms with Crippen molar-refractivity contribution in [2.24, 2.45) is 0 Å². The van der Waals surface area contributed by atoms with Crippen LogP contribution in [0.2, 0.25) is 0 Å². The number of hydrogen-bond donors (Lipinski definition) is 1. The molecule has 0 spiro atoms. The fourth-order valence-electron chi connectivity index (χ4n) is 1.88. The molecule has 0 aromatic heterocycles. The van der Waals surface area contributed by atoms with Crippen LogP contribution in [0.1, 0.15) is 12.0 Å². The van der Waals surface area contributed by atoms with Gasteiger partial charge in [0, 0.05) is 30.7 Å². The van der Waals surface area contributed by atoms with E-state index in [1.165, 1.54) is 0 Å². The number of aromatic hydroxyl groups is 1. The van der Waals surface area contributed by atoms with Gasteiger partial charge in [-0.3, -0.25) is 4.90 Å². The molecule has 0 radical (unpaired) electrons. The van der Waals surface area contributed by atoms with Crippen molar-refractivity contribution in [3.8, 4) is 5.75 Å². The van der Waals surface area contributed by atoms with Gasteiger partial charge in [-0.2, -0.15) is 0 Å². The van der Waals surface area contributed by atoms with Gasteiger partial charge in [0.15, 0.2) is 0 Å². The van der Waals surface area contributed by atoms with Crippen LogP contribution in [-0.2, 0) is 11.3 Å². The minimum Gasteiger partial charge on any atom is -0.508 e. The minimum atomic E-state index is 0.323. The average molecular weight is 286 g/mol. The van der Waals surface area contributed by atoms with Gasteiger partial charge in [0.2, 0.25) is 0 Å². The van der Waals surface area contributed by atoms with Crippen LogP contribution in [0.5, 0.6) is 5.75 Å². The Bertz CT molecular complexity index is 349. The summed E-state index contributed by atoms with van der Waals surface area (Å²) in [6.07, 6.45) is 1.08. The lowest BCUT2D eigenvalue weighted by Gasteiger charge is -2.19. The highest BCUT2D eigenvalue weighted by molar-refractivity contribution is 9.10. The van der Waals surface area contributed by atoms with Gasteiger partial charge < -0.3 is 9.84 Å². The molecule has 88 valence electrons. The van der Waals surface area contributed by atoms with Crippen molar-refractivity contribution in [2.75, 3.05) is 26.3 Å². The van der Waals surface area contributed by atoms with Gasteiger partial charge in [0.25, 0.3) is 0 Å². The lowest BCUT2D eigenvalue weighted by Crippen LogP contribution is -2.25. The van der Waals surface area contributed by atoms with Crippen LogP contribution in [0.15, 0.2) is 22.7 Å². The Balaban J connectivity index is 2.04. The Kier molecular flexibility index (Phi) is 4.21. The standard InChI is InChI=1S/C12H16BrNO2/c13-12-3-2-11(15)8-10(12)9-14-4-1-6-16-7-5-14/h2-3,8,15H,1,4-7,9H2. The Hall–Kier alpha value is -0.580. The summed E-state index contributed by atoms with van der Waals surface area (Å²) in [5, 5.41) is 9.46. The fraction of sp³-hybridized carbons (Fsp3) is 0.500. The number of hydrogen-bond acceptors (Lipinski definition) is 3. The van der Waals surface area contributed by atoms with Crippen LogP contribution < -0.4 is 0 Å². The summed E-state index contributed by atoms with van der Waals surface area (Å²) < 4.78 is 6.46. The smallest absolute Gasteiger partial charge is 0.115 e. The van der Waals surface area contributed by atoms with Crippen LogP contribution in [0.3, 0.4) is 0 Å². The molecule has 1 fully saturated rings. The maximum atomic E-state index is 9.46. The molecule has 0 amide bonds. The first-order valence-corrected chi connectivity index (χ1v) is 6.32. The normalized spacial score (nSPS) is 18.3. The van der Waals surface area contributed by atoms with Crippen LogP contribution in [0.25, 0.3) is 0 Å². The molecule has 1 N–H and O–H groups in total. The summed E-state index contributed by atoms with van der Waals surface area (Å²) >= 11 is 3.51. The fourth-order valence-corrected chi connectivity index (χ4v) is 2.25. The lowest BCUT2D eigenvalue weighted by atomic mass is 10.2. The molecular weight excluding hydrogens is 270 g/mol. The first kappa shape index (κ1) is 11.9. The molecule has 1 aliphatic heterocycles. The van der Waals surface area contributed by atoms with E-state index in [4.69, 9.17) is 4.74 Å². The van der Waals surface area contributed by atoms with Gasteiger partial charge in [-0.15, -0.1) is 0 Å². The van der Waals surface area contributed by atoms with Crippen molar-refractivity contribution < 1.29 is 9.84 Å². The topological polar surface area (TPSA) is 32.7 Å². The zero-order valence-corrected chi connectivity index (χ0v) is 10.7. The maximum absolute atomic E-state index is 9.46. The zero-order chi connectivity index (χ0) is 11.4. The number of benzene rings is 1. The van der Waals surface area contributed by atoms with E-state index in [0.717, 1.165) is 49.3 Å². The summed E-state index contributed by atoms with van der Waals surface area (Å²) in [6, 6.07) is 5.40. The molecule has 0 atom stereocenters.